The lowest BCUT2D eigenvalue weighted by Gasteiger charge is -2.37. The molecule has 1 fully saturated rings. The molecule has 1 heterocycles. The van der Waals surface area contributed by atoms with E-state index in [1.54, 1.807) is 0 Å². The zero-order chi connectivity index (χ0) is 18.9. The maximum absolute atomic E-state index is 10.8. The number of aliphatic hydroxyl groups is 1. The molecule has 0 spiro atoms. The van der Waals surface area contributed by atoms with Crippen molar-refractivity contribution >= 4 is 24.2 Å². The Morgan fingerprint density at radius 1 is 1.46 bits per heavy atom. The zero-order valence-electron chi connectivity index (χ0n) is 16.9. The molecule has 1 rings (SSSR count). The number of halogens is 1. The number of hydrogen-bond acceptors (Lipinski definition) is 3. The summed E-state index contributed by atoms with van der Waals surface area (Å²) in [4.78, 5) is 0.166. The summed E-state index contributed by atoms with van der Waals surface area (Å²) in [5.41, 5.74) is 0.628. The van der Waals surface area contributed by atoms with Crippen LogP contribution in [0.1, 0.15) is 48.5 Å². The van der Waals surface area contributed by atoms with Gasteiger partial charge in [0, 0.05) is 5.92 Å². The molecule has 0 aromatic rings. The van der Waals surface area contributed by atoms with Crippen LogP contribution >= 0.6 is 15.9 Å². The van der Waals surface area contributed by atoms with Crippen LogP contribution < -0.4 is 0 Å². The van der Waals surface area contributed by atoms with Gasteiger partial charge in [-0.05, 0) is 37.9 Å². The number of rotatable bonds is 6. The van der Waals surface area contributed by atoms with Gasteiger partial charge in [0.15, 0.2) is 8.32 Å². The van der Waals surface area contributed by atoms with Gasteiger partial charge in [-0.2, -0.15) is 0 Å². The van der Waals surface area contributed by atoms with Crippen molar-refractivity contribution in [2.45, 2.75) is 83.1 Å². The van der Waals surface area contributed by atoms with Crippen molar-refractivity contribution in [3.63, 3.8) is 0 Å². The number of hydrogen-bond donors (Lipinski definition) is 1. The van der Waals surface area contributed by atoms with E-state index in [1.165, 1.54) is 5.57 Å². The molecule has 5 atom stereocenters. The second-order valence-corrected chi connectivity index (χ2v) is 15.0. The van der Waals surface area contributed by atoms with Crippen molar-refractivity contribution in [3.8, 4) is 0 Å². The highest BCUT2D eigenvalue weighted by Crippen LogP contribution is 2.41. The smallest absolute Gasteiger partial charge is 0.192 e. The summed E-state index contributed by atoms with van der Waals surface area (Å²) in [6.45, 7) is 20.9. The van der Waals surface area contributed by atoms with Crippen LogP contribution in [0.15, 0.2) is 11.6 Å². The summed E-state index contributed by atoms with van der Waals surface area (Å²) in [5, 5.41) is 11.1. The van der Waals surface area contributed by atoms with Gasteiger partial charge in [0.25, 0.3) is 0 Å². The van der Waals surface area contributed by atoms with E-state index in [0.717, 1.165) is 0 Å². The van der Waals surface area contributed by atoms with E-state index in [4.69, 9.17) is 9.16 Å². The summed E-state index contributed by atoms with van der Waals surface area (Å²) >= 11 is 3.72. The number of ether oxygens (including phenoxy) is 1. The Labute approximate surface area is 158 Å². The summed E-state index contributed by atoms with van der Waals surface area (Å²) in [6.07, 6.45) is 1.59. The monoisotopic (exact) mass is 420 g/mol. The Kier molecular flexibility index (Phi) is 7.37. The highest BCUT2D eigenvalue weighted by molar-refractivity contribution is 9.09. The molecule has 0 amide bonds. The van der Waals surface area contributed by atoms with Crippen molar-refractivity contribution in [1.82, 2.24) is 0 Å². The minimum absolute atomic E-state index is 0.0170. The van der Waals surface area contributed by atoms with Crippen LogP contribution in [0.5, 0.6) is 0 Å². The van der Waals surface area contributed by atoms with Gasteiger partial charge in [-0.1, -0.05) is 62.2 Å². The van der Waals surface area contributed by atoms with Crippen LogP contribution in [0.3, 0.4) is 0 Å². The van der Waals surface area contributed by atoms with Crippen molar-refractivity contribution in [2.75, 3.05) is 13.2 Å². The lowest BCUT2D eigenvalue weighted by Crippen LogP contribution is -2.48. The van der Waals surface area contributed by atoms with Crippen molar-refractivity contribution in [2.24, 2.45) is 11.8 Å². The molecule has 0 aromatic heterocycles. The van der Waals surface area contributed by atoms with Gasteiger partial charge >= 0.3 is 0 Å². The second kappa shape index (κ2) is 7.91. The van der Waals surface area contributed by atoms with Crippen LogP contribution in [0, 0.1) is 11.8 Å². The molecule has 1 N–H and O–H groups in total. The second-order valence-electron chi connectivity index (χ2n) is 9.24. The molecule has 1 saturated heterocycles. The molecule has 1 aliphatic heterocycles. The number of aliphatic hydroxyl groups excluding tert-OH is 1. The van der Waals surface area contributed by atoms with Crippen LogP contribution in [0.25, 0.3) is 0 Å². The van der Waals surface area contributed by atoms with E-state index in [0.29, 0.717) is 19.1 Å². The van der Waals surface area contributed by atoms with Crippen LogP contribution in [0.4, 0.5) is 0 Å². The molecule has 1 aliphatic rings. The molecule has 142 valence electrons. The largest absolute Gasteiger partial charge is 0.413 e. The minimum atomic E-state index is -1.74. The topological polar surface area (TPSA) is 38.7 Å². The molecule has 0 saturated carbocycles. The number of alkyl halides is 1. The van der Waals surface area contributed by atoms with Gasteiger partial charge in [0.1, 0.15) is 5.60 Å². The van der Waals surface area contributed by atoms with Crippen LogP contribution in [0.2, 0.25) is 18.1 Å². The summed E-state index contributed by atoms with van der Waals surface area (Å²) < 4.78 is 12.2. The first-order valence-electron chi connectivity index (χ1n) is 8.99. The average molecular weight is 421 g/mol. The fraction of sp³-hybridized carbons (Fsp3) is 0.895. The van der Waals surface area contributed by atoms with E-state index in [-0.39, 0.29) is 15.8 Å². The maximum Gasteiger partial charge on any atom is 0.192 e. The van der Waals surface area contributed by atoms with Crippen molar-refractivity contribution < 1.29 is 14.3 Å². The SMILES string of the molecule is C/C(=C\[C@H](C)[C@@H](O)[C@@]1(C)OC[C@@H](C)[C@@H]1Br)CO[Si](C)(C)C(C)(C)C. The highest BCUT2D eigenvalue weighted by Gasteiger charge is 2.49. The van der Waals surface area contributed by atoms with Gasteiger partial charge in [-0.15, -0.1) is 0 Å². The summed E-state index contributed by atoms with van der Waals surface area (Å²) in [5.74, 6) is 0.423. The Morgan fingerprint density at radius 3 is 2.42 bits per heavy atom. The van der Waals surface area contributed by atoms with E-state index in [1.807, 2.05) is 6.92 Å². The Bertz CT molecular complexity index is 458. The average Bonchev–Trinajstić information content (AvgIpc) is 2.72. The third-order valence-corrected chi connectivity index (χ3v) is 12.1. The Morgan fingerprint density at radius 2 is 2.00 bits per heavy atom. The van der Waals surface area contributed by atoms with Gasteiger partial charge in [-0.25, -0.2) is 0 Å². The molecular formula is C19H37BrO3Si. The third kappa shape index (κ3) is 4.94. The predicted octanol–water partition coefficient (Wildman–Crippen LogP) is 5.14. The van der Waals surface area contributed by atoms with Crippen molar-refractivity contribution in [3.05, 3.63) is 11.6 Å². The first-order valence-corrected chi connectivity index (χ1v) is 12.8. The van der Waals surface area contributed by atoms with Gasteiger partial charge < -0.3 is 14.3 Å². The van der Waals surface area contributed by atoms with E-state index >= 15 is 0 Å². The van der Waals surface area contributed by atoms with Crippen molar-refractivity contribution in [1.29, 1.82) is 0 Å². The van der Waals surface area contributed by atoms with E-state index in [9.17, 15) is 5.11 Å². The van der Waals surface area contributed by atoms with E-state index < -0.39 is 20.0 Å². The minimum Gasteiger partial charge on any atom is -0.413 e. The van der Waals surface area contributed by atoms with Gasteiger partial charge in [0.05, 0.1) is 24.1 Å². The quantitative estimate of drug-likeness (QED) is 0.367. The normalized spacial score (nSPS) is 32.0. The fourth-order valence-electron chi connectivity index (χ4n) is 2.91. The third-order valence-electron chi connectivity index (χ3n) is 5.80. The molecule has 0 aromatic carbocycles. The predicted molar refractivity (Wildman–Crippen MR) is 108 cm³/mol. The first-order chi connectivity index (χ1) is 10.7. The highest BCUT2D eigenvalue weighted by atomic mass is 79.9. The molecule has 24 heavy (non-hydrogen) atoms. The lowest BCUT2D eigenvalue weighted by atomic mass is 9.84. The maximum atomic E-state index is 10.8. The lowest BCUT2D eigenvalue weighted by molar-refractivity contribution is -0.0881. The molecular weight excluding hydrogens is 384 g/mol. The molecule has 0 bridgehead atoms. The Hall–Kier alpha value is 0.317. The van der Waals surface area contributed by atoms with Gasteiger partial charge in [0.2, 0.25) is 0 Å². The summed E-state index contributed by atoms with van der Waals surface area (Å²) in [7, 11) is -1.74. The Balaban J connectivity index is 2.71. The fourth-order valence-corrected chi connectivity index (χ4v) is 4.49. The standard InChI is InChI=1S/C19H37BrO3Si/c1-13(11-23-24(8,9)18(4,5)6)10-14(2)17(21)19(7)16(20)15(3)12-22-19/h10,14-17,21H,11-12H2,1-9H3/b13-10+/t14-,15+,16-,17+,19-/m0/s1. The van der Waals surface area contributed by atoms with E-state index in [2.05, 4.69) is 76.6 Å². The molecule has 3 nitrogen and oxygen atoms in total. The first kappa shape index (κ1) is 22.4. The van der Waals surface area contributed by atoms with Crippen LogP contribution in [-0.4, -0.2) is 43.2 Å². The van der Waals surface area contributed by atoms with Gasteiger partial charge in [-0.3, -0.25) is 0 Å². The molecule has 0 radical (unpaired) electrons. The summed E-state index contributed by atoms with van der Waals surface area (Å²) in [6, 6.07) is 0. The zero-order valence-corrected chi connectivity index (χ0v) is 19.5. The molecule has 0 aliphatic carbocycles. The molecule has 5 heteroatoms. The van der Waals surface area contributed by atoms with Crippen LogP contribution in [-0.2, 0) is 9.16 Å². The molecule has 0 unspecified atom stereocenters.